The summed E-state index contributed by atoms with van der Waals surface area (Å²) in [4.78, 5) is 12.5. The molecule has 2 N–H and O–H groups in total. The highest BCUT2D eigenvalue weighted by atomic mass is 16.5. The first kappa shape index (κ1) is 15.7. The molecule has 4 heteroatoms. The van der Waals surface area contributed by atoms with Gasteiger partial charge in [-0.2, -0.15) is 0 Å². The van der Waals surface area contributed by atoms with Crippen LogP contribution in [0.25, 0.3) is 0 Å². The number of esters is 1. The average Bonchev–Trinajstić information content (AvgIpc) is 2.50. The van der Waals surface area contributed by atoms with Gasteiger partial charge in [0.15, 0.2) is 5.75 Å². The maximum Gasteiger partial charge on any atom is 0.342 e. The molecule has 0 heterocycles. The van der Waals surface area contributed by atoms with Crippen molar-refractivity contribution in [1.82, 2.24) is 0 Å². The Kier molecular flexibility index (Phi) is 5.48. The summed E-state index contributed by atoms with van der Waals surface area (Å²) in [5.41, 5.74) is 6.80. The summed E-state index contributed by atoms with van der Waals surface area (Å²) in [6.45, 7) is 4.49. The first-order valence-corrected chi connectivity index (χ1v) is 7.89. The molecule has 1 aliphatic carbocycles. The monoisotopic (exact) mass is 291 g/mol. The second-order valence-corrected chi connectivity index (χ2v) is 5.55. The summed E-state index contributed by atoms with van der Waals surface area (Å²) in [6.07, 6.45) is 5.53. The fourth-order valence-electron chi connectivity index (χ4n) is 3.02. The highest BCUT2D eigenvalue weighted by Crippen LogP contribution is 2.32. The van der Waals surface area contributed by atoms with Crippen molar-refractivity contribution in [3.63, 3.8) is 0 Å². The molecule has 1 fully saturated rings. The molecule has 1 aliphatic rings. The maximum atomic E-state index is 12.5. The predicted octanol–water partition coefficient (Wildman–Crippen LogP) is 3.79. The zero-order chi connectivity index (χ0) is 15.2. The van der Waals surface area contributed by atoms with Gasteiger partial charge in [-0.3, -0.25) is 0 Å². The summed E-state index contributed by atoms with van der Waals surface area (Å²) < 4.78 is 11.3. The molecular weight excluding hydrogens is 266 g/mol. The van der Waals surface area contributed by atoms with Crippen LogP contribution in [0.4, 0.5) is 5.69 Å². The van der Waals surface area contributed by atoms with E-state index in [0.29, 0.717) is 29.5 Å². The largest absolute Gasteiger partial charge is 0.491 e. The van der Waals surface area contributed by atoms with E-state index in [9.17, 15) is 4.79 Å². The van der Waals surface area contributed by atoms with Crippen LogP contribution in [0.3, 0.4) is 0 Å². The molecule has 21 heavy (non-hydrogen) atoms. The van der Waals surface area contributed by atoms with Crippen LogP contribution in [0.15, 0.2) is 18.2 Å². The minimum Gasteiger partial charge on any atom is -0.491 e. The molecule has 0 aliphatic heterocycles. The number of anilines is 1. The highest BCUT2D eigenvalue weighted by Gasteiger charge is 2.28. The van der Waals surface area contributed by atoms with E-state index < -0.39 is 0 Å². The number of ether oxygens (including phenoxy) is 2. The first-order chi connectivity index (χ1) is 10.2. The van der Waals surface area contributed by atoms with Crippen molar-refractivity contribution in [3.8, 4) is 5.75 Å². The van der Waals surface area contributed by atoms with E-state index >= 15 is 0 Å². The molecule has 1 aromatic rings. The van der Waals surface area contributed by atoms with Crippen LogP contribution < -0.4 is 10.5 Å². The number of carbonyl (C=O) groups is 1. The second kappa shape index (κ2) is 7.34. The van der Waals surface area contributed by atoms with Gasteiger partial charge >= 0.3 is 5.97 Å². The van der Waals surface area contributed by atoms with E-state index in [4.69, 9.17) is 15.2 Å². The Morgan fingerprint density at radius 2 is 2.05 bits per heavy atom. The van der Waals surface area contributed by atoms with Crippen molar-refractivity contribution < 1.29 is 14.3 Å². The lowest BCUT2D eigenvalue weighted by molar-refractivity contribution is 0.000405. The molecule has 1 saturated carbocycles. The SMILES string of the molecule is CCOc1c(N)cccc1C(=O)OC1CCCCC1CC. The number of hydrogen-bond acceptors (Lipinski definition) is 4. The molecule has 2 rings (SSSR count). The van der Waals surface area contributed by atoms with Crippen molar-refractivity contribution in [3.05, 3.63) is 23.8 Å². The second-order valence-electron chi connectivity index (χ2n) is 5.55. The van der Waals surface area contributed by atoms with Crippen LogP contribution in [0, 0.1) is 5.92 Å². The van der Waals surface area contributed by atoms with Crippen molar-refractivity contribution >= 4 is 11.7 Å². The lowest BCUT2D eigenvalue weighted by Crippen LogP contribution is -2.30. The summed E-state index contributed by atoms with van der Waals surface area (Å²) >= 11 is 0. The Bertz CT molecular complexity index is 487. The molecular formula is C17H25NO3. The van der Waals surface area contributed by atoms with Crippen LogP contribution in [-0.4, -0.2) is 18.7 Å². The fraction of sp³-hybridized carbons (Fsp3) is 0.588. The van der Waals surface area contributed by atoms with Gasteiger partial charge in [0.25, 0.3) is 0 Å². The molecule has 2 atom stereocenters. The molecule has 0 amide bonds. The standard InChI is InChI=1S/C17H25NO3/c1-3-12-8-5-6-11-15(12)21-17(19)13-9-7-10-14(18)16(13)20-4-2/h7,9-10,12,15H,3-6,8,11,18H2,1-2H3. The predicted molar refractivity (Wildman–Crippen MR) is 83.5 cm³/mol. The Hall–Kier alpha value is -1.71. The van der Waals surface area contributed by atoms with Crippen molar-refractivity contribution in [2.45, 2.75) is 52.1 Å². The van der Waals surface area contributed by atoms with Crippen molar-refractivity contribution in [2.75, 3.05) is 12.3 Å². The Labute approximate surface area is 126 Å². The van der Waals surface area contributed by atoms with E-state index in [2.05, 4.69) is 6.92 Å². The molecule has 1 aromatic carbocycles. The van der Waals surface area contributed by atoms with Gasteiger partial charge in [-0.15, -0.1) is 0 Å². The topological polar surface area (TPSA) is 61.5 Å². The van der Waals surface area contributed by atoms with E-state index in [-0.39, 0.29) is 12.1 Å². The van der Waals surface area contributed by atoms with Gasteiger partial charge in [0, 0.05) is 0 Å². The summed E-state index contributed by atoms with van der Waals surface area (Å²) in [5.74, 6) is 0.587. The van der Waals surface area contributed by atoms with Gasteiger partial charge in [-0.05, 0) is 50.7 Å². The van der Waals surface area contributed by atoms with Gasteiger partial charge in [-0.25, -0.2) is 4.79 Å². The van der Waals surface area contributed by atoms with Gasteiger partial charge in [-0.1, -0.05) is 19.4 Å². The number of hydrogen-bond donors (Lipinski definition) is 1. The average molecular weight is 291 g/mol. The molecule has 0 spiro atoms. The van der Waals surface area contributed by atoms with E-state index in [1.54, 1.807) is 18.2 Å². The normalized spacial score (nSPS) is 21.8. The summed E-state index contributed by atoms with van der Waals surface area (Å²) in [7, 11) is 0. The Balaban J connectivity index is 2.14. The number of nitrogens with two attached hydrogens (primary N) is 1. The molecule has 0 radical (unpaired) electrons. The van der Waals surface area contributed by atoms with Crippen LogP contribution >= 0.6 is 0 Å². The molecule has 2 unspecified atom stereocenters. The van der Waals surface area contributed by atoms with Gasteiger partial charge in [0.2, 0.25) is 0 Å². The number of para-hydroxylation sites is 1. The smallest absolute Gasteiger partial charge is 0.342 e. The van der Waals surface area contributed by atoms with Gasteiger partial charge < -0.3 is 15.2 Å². The lowest BCUT2D eigenvalue weighted by atomic mass is 9.85. The van der Waals surface area contributed by atoms with E-state index in [1.165, 1.54) is 6.42 Å². The van der Waals surface area contributed by atoms with Crippen molar-refractivity contribution in [1.29, 1.82) is 0 Å². The number of rotatable bonds is 5. The third-order valence-corrected chi connectivity index (χ3v) is 4.18. The highest BCUT2D eigenvalue weighted by molar-refractivity contribution is 5.94. The van der Waals surface area contributed by atoms with Crippen LogP contribution in [0.5, 0.6) is 5.75 Å². The quantitative estimate of drug-likeness (QED) is 0.662. The summed E-state index contributed by atoms with van der Waals surface area (Å²) in [6, 6.07) is 5.21. The number of nitrogen functional groups attached to an aromatic ring is 1. The summed E-state index contributed by atoms with van der Waals surface area (Å²) in [5, 5.41) is 0. The fourth-order valence-corrected chi connectivity index (χ4v) is 3.02. The first-order valence-electron chi connectivity index (χ1n) is 7.89. The zero-order valence-electron chi connectivity index (χ0n) is 12.9. The van der Waals surface area contributed by atoms with Crippen LogP contribution in [0.2, 0.25) is 0 Å². The minimum absolute atomic E-state index is 0.0205. The Morgan fingerprint density at radius 3 is 2.76 bits per heavy atom. The van der Waals surface area contributed by atoms with Gasteiger partial charge in [0.05, 0.1) is 12.3 Å². The molecule has 0 aromatic heterocycles. The maximum absolute atomic E-state index is 12.5. The number of carbonyl (C=O) groups excluding carboxylic acids is 1. The van der Waals surface area contributed by atoms with Crippen LogP contribution in [-0.2, 0) is 4.74 Å². The molecule has 4 nitrogen and oxygen atoms in total. The van der Waals surface area contributed by atoms with Crippen molar-refractivity contribution in [2.24, 2.45) is 5.92 Å². The molecule has 0 bridgehead atoms. The minimum atomic E-state index is -0.323. The third kappa shape index (κ3) is 3.69. The van der Waals surface area contributed by atoms with Gasteiger partial charge in [0.1, 0.15) is 11.7 Å². The molecule has 116 valence electrons. The van der Waals surface area contributed by atoms with Crippen LogP contribution in [0.1, 0.15) is 56.3 Å². The molecule has 0 saturated heterocycles. The third-order valence-electron chi connectivity index (χ3n) is 4.18. The zero-order valence-corrected chi connectivity index (χ0v) is 12.9. The van der Waals surface area contributed by atoms with E-state index in [1.807, 2.05) is 6.92 Å². The number of benzene rings is 1. The van der Waals surface area contributed by atoms with E-state index in [0.717, 1.165) is 25.7 Å². The lowest BCUT2D eigenvalue weighted by Gasteiger charge is -2.30. The Morgan fingerprint density at radius 1 is 1.29 bits per heavy atom.